The van der Waals surface area contributed by atoms with Crippen LogP contribution < -0.4 is 15.3 Å². The maximum absolute atomic E-state index is 12.9. The molecular weight excluding hydrogens is 418 g/mol. The number of fused-ring (bicyclic) bond motifs is 1. The summed E-state index contributed by atoms with van der Waals surface area (Å²) in [6, 6.07) is 23.8. The van der Waals surface area contributed by atoms with Crippen LogP contribution in [-0.2, 0) is 11.2 Å². The van der Waals surface area contributed by atoms with Gasteiger partial charge in [-0.1, -0.05) is 42.5 Å². The number of likely N-dealkylation sites (N-methyl/N-ethyl adjacent to an activating group) is 1. The van der Waals surface area contributed by atoms with E-state index in [1.54, 1.807) is 26.1 Å². The number of amides is 1. The number of ether oxygens (including phenoxy) is 1. The molecule has 0 saturated heterocycles. The van der Waals surface area contributed by atoms with E-state index in [1.807, 2.05) is 60.7 Å². The SMILES string of the molecule is CC(Oc1ccc2c(-c3ccccc3)cc(=O)oc2c1)C(=O)N(C)c1ccc(CCO)cc1. The van der Waals surface area contributed by atoms with Crippen molar-refractivity contribution in [2.24, 2.45) is 0 Å². The van der Waals surface area contributed by atoms with Crippen molar-refractivity contribution < 1.29 is 19.1 Å². The molecule has 1 heterocycles. The van der Waals surface area contributed by atoms with Gasteiger partial charge in [0.2, 0.25) is 0 Å². The van der Waals surface area contributed by atoms with Crippen molar-refractivity contribution in [3.8, 4) is 16.9 Å². The van der Waals surface area contributed by atoms with Crippen LogP contribution in [-0.4, -0.2) is 30.8 Å². The van der Waals surface area contributed by atoms with Crippen LogP contribution in [0.5, 0.6) is 5.75 Å². The Hall–Kier alpha value is -3.90. The second-order valence-corrected chi connectivity index (χ2v) is 7.80. The number of hydrogen-bond donors (Lipinski definition) is 1. The Bertz CT molecular complexity index is 1310. The van der Waals surface area contributed by atoms with Gasteiger partial charge in [0.05, 0.1) is 0 Å². The van der Waals surface area contributed by atoms with Crippen molar-refractivity contribution in [3.63, 3.8) is 0 Å². The quantitative estimate of drug-likeness (QED) is 0.428. The largest absolute Gasteiger partial charge is 0.481 e. The number of carbonyl (C=O) groups excluding carboxylic acids is 1. The summed E-state index contributed by atoms with van der Waals surface area (Å²) in [5.74, 6) is 0.216. The number of aliphatic hydroxyl groups excluding tert-OH is 1. The maximum atomic E-state index is 12.9. The van der Waals surface area contributed by atoms with Gasteiger partial charge >= 0.3 is 5.63 Å². The number of hydrogen-bond acceptors (Lipinski definition) is 5. The predicted octanol–water partition coefficient (Wildman–Crippen LogP) is 4.43. The third kappa shape index (κ3) is 4.96. The Balaban J connectivity index is 1.54. The molecule has 4 aromatic rings. The molecule has 0 aliphatic heterocycles. The van der Waals surface area contributed by atoms with Crippen LogP contribution in [0.1, 0.15) is 12.5 Å². The van der Waals surface area contributed by atoms with Gasteiger partial charge in [-0.05, 0) is 54.3 Å². The van der Waals surface area contributed by atoms with Gasteiger partial charge in [0, 0.05) is 36.9 Å². The minimum Gasteiger partial charge on any atom is -0.481 e. The van der Waals surface area contributed by atoms with Gasteiger partial charge in [-0.2, -0.15) is 0 Å². The molecule has 0 radical (unpaired) electrons. The fourth-order valence-electron chi connectivity index (χ4n) is 3.74. The molecule has 1 amide bonds. The maximum Gasteiger partial charge on any atom is 0.336 e. The summed E-state index contributed by atoms with van der Waals surface area (Å²) in [5, 5.41) is 9.83. The minimum atomic E-state index is -0.756. The lowest BCUT2D eigenvalue weighted by molar-refractivity contribution is -0.124. The van der Waals surface area contributed by atoms with E-state index in [9.17, 15) is 9.59 Å². The molecule has 0 saturated carbocycles. The molecule has 0 aliphatic rings. The summed E-state index contributed by atoms with van der Waals surface area (Å²) in [4.78, 5) is 26.6. The summed E-state index contributed by atoms with van der Waals surface area (Å²) in [5.41, 5.74) is 3.37. The lowest BCUT2D eigenvalue weighted by Gasteiger charge is -2.22. The molecule has 0 spiro atoms. The summed E-state index contributed by atoms with van der Waals surface area (Å²) in [6.45, 7) is 1.76. The Morgan fingerprint density at radius 3 is 2.45 bits per heavy atom. The predicted molar refractivity (Wildman–Crippen MR) is 129 cm³/mol. The number of aliphatic hydroxyl groups is 1. The van der Waals surface area contributed by atoms with Crippen molar-refractivity contribution in [2.45, 2.75) is 19.4 Å². The first-order valence-corrected chi connectivity index (χ1v) is 10.7. The summed E-state index contributed by atoms with van der Waals surface area (Å²) >= 11 is 0. The van der Waals surface area contributed by atoms with Crippen LogP contribution in [0.4, 0.5) is 5.69 Å². The van der Waals surface area contributed by atoms with Crippen LogP contribution in [0.15, 0.2) is 88.1 Å². The van der Waals surface area contributed by atoms with Crippen LogP contribution in [0, 0.1) is 0 Å². The fourth-order valence-corrected chi connectivity index (χ4v) is 3.74. The number of anilines is 1. The first-order chi connectivity index (χ1) is 16.0. The van der Waals surface area contributed by atoms with Gasteiger partial charge < -0.3 is 19.2 Å². The van der Waals surface area contributed by atoms with Crippen molar-refractivity contribution in [1.82, 2.24) is 0 Å². The van der Waals surface area contributed by atoms with E-state index in [2.05, 4.69) is 0 Å². The Kier molecular flexibility index (Phi) is 6.56. The molecule has 1 atom stereocenters. The molecule has 0 bridgehead atoms. The lowest BCUT2D eigenvalue weighted by atomic mass is 10.0. The van der Waals surface area contributed by atoms with E-state index in [0.29, 0.717) is 17.8 Å². The monoisotopic (exact) mass is 443 g/mol. The number of nitrogens with zero attached hydrogens (tertiary/aromatic N) is 1. The highest BCUT2D eigenvalue weighted by molar-refractivity contribution is 5.96. The zero-order valence-electron chi connectivity index (χ0n) is 18.5. The Morgan fingerprint density at radius 1 is 1.03 bits per heavy atom. The molecule has 4 rings (SSSR count). The number of carbonyl (C=O) groups is 1. The van der Waals surface area contributed by atoms with E-state index in [0.717, 1.165) is 27.8 Å². The van der Waals surface area contributed by atoms with Crippen LogP contribution in [0.25, 0.3) is 22.1 Å². The van der Waals surface area contributed by atoms with E-state index in [-0.39, 0.29) is 12.5 Å². The second-order valence-electron chi connectivity index (χ2n) is 7.80. The highest BCUT2D eigenvalue weighted by atomic mass is 16.5. The van der Waals surface area contributed by atoms with Crippen molar-refractivity contribution >= 4 is 22.6 Å². The lowest BCUT2D eigenvalue weighted by Crippen LogP contribution is -2.38. The zero-order valence-corrected chi connectivity index (χ0v) is 18.5. The van der Waals surface area contributed by atoms with Crippen molar-refractivity contribution in [2.75, 3.05) is 18.6 Å². The molecular formula is C27H25NO5. The third-order valence-electron chi connectivity index (χ3n) is 5.52. The first-order valence-electron chi connectivity index (χ1n) is 10.7. The van der Waals surface area contributed by atoms with Gasteiger partial charge in [-0.15, -0.1) is 0 Å². The van der Waals surface area contributed by atoms with Gasteiger partial charge in [0.15, 0.2) is 6.10 Å². The smallest absolute Gasteiger partial charge is 0.336 e. The number of benzene rings is 3. The highest BCUT2D eigenvalue weighted by Gasteiger charge is 2.21. The molecule has 3 aromatic carbocycles. The molecule has 168 valence electrons. The second kappa shape index (κ2) is 9.71. The molecule has 6 nitrogen and oxygen atoms in total. The molecule has 1 N–H and O–H groups in total. The third-order valence-corrected chi connectivity index (χ3v) is 5.52. The topological polar surface area (TPSA) is 80.0 Å². The highest BCUT2D eigenvalue weighted by Crippen LogP contribution is 2.30. The van der Waals surface area contributed by atoms with E-state index < -0.39 is 11.7 Å². The van der Waals surface area contributed by atoms with Crippen LogP contribution in [0.2, 0.25) is 0 Å². The average Bonchev–Trinajstić information content (AvgIpc) is 2.83. The molecule has 33 heavy (non-hydrogen) atoms. The van der Waals surface area contributed by atoms with Crippen molar-refractivity contribution in [1.29, 1.82) is 0 Å². The number of rotatable bonds is 7. The molecule has 1 unspecified atom stereocenters. The van der Waals surface area contributed by atoms with E-state index in [4.69, 9.17) is 14.3 Å². The van der Waals surface area contributed by atoms with Gasteiger partial charge in [-0.3, -0.25) is 4.79 Å². The fraction of sp³-hybridized carbons (Fsp3) is 0.185. The normalized spacial score (nSPS) is 11.8. The first kappa shape index (κ1) is 22.3. The molecule has 0 fully saturated rings. The van der Waals surface area contributed by atoms with Crippen LogP contribution in [0.3, 0.4) is 0 Å². The molecule has 6 heteroatoms. The summed E-state index contributed by atoms with van der Waals surface area (Å²) < 4.78 is 11.3. The molecule has 0 aliphatic carbocycles. The van der Waals surface area contributed by atoms with Crippen LogP contribution >= 0.6 is 0 Å². The van der Waals surface area contributed by atoms with E-state index >= 15 is 0 Å². The summed E-state index contributed by atoms with van der Waals surface area (Å²) in [6.07, 6.45) is -0.185. The molecule has 1 aromatic heterocycles. The Morgan fingerprint density at radius 2 is 1.76 bits per heavy atom. The summed E-state index contributed by atoms with van der Waals surface area (Å²) in [7, 11) is 1.69. The Labute approximate surface area is 191 Å². The minimum absolute atomic E-state index is 0.0811. The van der Waals surface area contributed by atoms with Gasteiger partial charge in [0.1, 0.15) is 11.3 Å². The standard InChI is InChI=1S/C27H25NO5/c1-18(27(31)28(2)21-10-8-19(9-11-21)14-15-29)32-22-12-13-23-24(20-6-4-3-5-7-20)17-26(30)33-25(23)16-22/h3-13,16-18,29H,14-15H2,1-2H3. The van der Waals surface area contributed by atoms with Gasteiger partial charge in [0.25, 0.3) is 5.91 Å². The van der Waals surface area contributed by atoms with E-state index in [1.165, 1.54) is 11.0 Å². The van der Waals surface area contributed by atoms with Gasteiger partial charge in [-0.25, -0.2) is 4.79 Å². The zero-order chi connectivity index (χ0) is 23.4. The average molecular weight is 443 g/mol. The van der Waals surface area contributed by atoms with Crippen molar-refractivity contribution in [3.05, 3.63) is 94.8 Å².